The van der Waals surface area contributed by atoms with E-state index in [2.05, 4.69) is 10.1 Å². The van der Waals surface area contributed by atoms with Crippen molar-refractivity contribution in [2.24, 2.45) is 5.92 Å². The largest absolute Gasteiger partial charge is 0.473 e. The fraction of sp³-hybridized carbons (Fsp3) is 0.353. The number of aromatic nitrogens is 3. The first-order chi connectivity index (χ1) is 12.6. The van der Waals surface area contributed by atoms with Gasteiger partial charge < -0.3 is 15.3 Å². The summed E-state index contributed by atoms with van der Waals surface area (Å²) in [5.41, 5.74) is -1.13. The van der Waals surface area contributed by atoms with E-state index in [4.69, 9.17) is 31.4 Å². The smallest absolute Gasteiger partial charge is 0.414 e. The molecule has 0 saturated heterocycles. The maximum Gasteiger partial charge on any atom is 0.414 e. The second-order valence-corrected chi connectivity index (χ2v) is 6.53. The number of carboxylic acid groups (broad SMARTS) is 2. The molecule has 1 aromatic carbocycles. The van der Waals surface area contributed by atoms with Gasteiger partial charge in [-0.25, -0.2) is 19.3 Å². The van der Waals surface area contributed by atoms with E-state index in [9.17, 15) is 9.90 Å². The summed E-state index contributed by atoms with van der Waals surface area (Å²) < 4.78 is 1.45. The molecule has 0 radical (unpaired) electrons. The third kappa shape index (κ3) is 6.80. The predicted molar refractivity (Wildman–Crippen MR) is 95.1 cm³/mol. The number of Topliss-reactive ketones (excluding diaryl/α,β-unsaturated/α-hetero) is 1. The van der Waals surface area contributed by atoms with Crippen LogP contribution in [0, 0.1) is 5.92 Å². The van der Waals surface area contributed by atoms with Crippen molar-refractivity contribution in [3.8, 4) is 0 Å². The highest BCUT2D eigenvalue weighted by Gasteiger charge is 2.38. The summed E-state index contributed by atoms with van der Waals surface area (Å²) in [5.74, 6) is -3.73. The Morgan fingerprint density at radius 1 is 1.15 bits per heavy atom. The molecule has 27 heavy (non-hydrogen) atoms. The predicted octanol–water partition coefficient (Wildman–Crippen LogP) is 1.59. The van der Waals surface area contributed by atoms with Crippen molar-refractivity contribution in [2.45, 2.75) is 32.4 Å². The molecule has 0 fully saturated rings. The molecule has 146 valence electrons. The number of nitrogens with zero attached hydrogens (tertiary/aromatic N) is 3. The Labute approximate surface area is 160 Å². The van der Waals surface area contributed by atoms with E-state index in [1.54, 1.807) is 24.3 Å². The average molecular weight is 398 g/mol. The summed E-state index contributed by atoms with van der Waals surface area (Å²) in [5, 5.41) is 30.3. The van der Waals surface area contributed by atoms with Crippen molar-refractivity contribution < 1.29 is 29.7 Å². The van der Waals surface area contributed by atoms with Crippen LogP contribution < -0.4 is 0 Å². The van der Waals surface area contributed by atoms with E-state index >= 15 is 0 Å². The molecule has 10 heteroatoms. The minimum Gasteiger partial charge on any atom is -0.473 e. The number of benzene rings is 1. The zero-order valence-electron chi connectivity index (χ0n) is 14.7. The molecule has 0 spiro atoms. The highest BCUT2D eigenvalue weighted by Crippen LogP contribution is 2.28. The minimum atomic E-state index is -1.82. The van der Waals surface area contributed by atoms with Crippen LogP contribution in [0.5, 0.6) is 0 Å². The fourth-order valence-corrected chi connectivity index (χ4v) is 2.28. The first-order valence-corrected chi connectivity index (χ1v) is 8.24. The molecule has 0 amide bonds. The van der Waals surface area contributed by atoms with Crippen LogP contribution in [0.25, 0.3) is 0 Å². The molecule has 0 aliphatic heterocycles. The van der Waals surface area contributed by atoms with Gasteiger partial charge in [0.05, 0.1) is 6.54 Å². The van der Waals surface area contributed by atoms with Gasteiger partial charge in [-0.3, -0.25) is 4.79 Å². The van der Waals surface area contributed by atoms with Crippen LogP contribution in [0.3, 0.4) is 0 Å². The highest BCUT2D eigenvalue weighted by molar-refractivity contribution is 6.30. The quantitative estimate of drug-likeness (QED) is 0.623. The van der Waals surface area contributed by atoms with Crippen LogP contribution in [0.1, 0.15) is 25.8 Å². The number of aliphatic hydroxyl groups is 1. The van der Waals surface area contributed by atoms with Crippen molar-refractivity contribution in [2.75, 3.05) is 0 Å². The van der Waals surface area contributed by atoms with E-state index in [1.807, 2.05) is 13.8 Å². The molecule has 3 N–H and O–H groups in total. The molecular formula is C17H20ClN3O6. The number of hydrogen-bond acceptors (Lipinski definition) is 6. The number of aliphatic carboxylic acids is 2. The Kier molecular flexibility index (Phi) is 8.07. The van der Waals surface area contributed by atoms with Gasteiger partial charge in [-0.15, -0.1) is 0 Å². The molecule has 9 nitrogen and oxygen atoms in total. The molecule has 2 aromatic rings. The third-order valence-corrected chi connectivity index (χ3v) is 3.67. The van der Waals surface area contributed by atoms with E-state index in [0.29, 0.717) is 10.6 Å². The summed E-state index contributed by atoms with van der Waals surface area (Å²) in [7, 11) is 0. The van der Waals surface area contributed by atoms with Crippen molar-refractivity contribution in [3.05, 3.63) is 47.5 Å². The van der Waals surface area contributed by atoms with Crippen LogP contribution in [-0.4, -0.2) is 47.8 Å². The second kappa shape index (κ2) is 9.79. The van der Waals surface area contributed by atoms with Crippen molar-refractivity contribution >= 4 is 29.3 Å². The molecule has 1 heterocycles. The molecule has 1 aromatic heterocycles. The van der Waals surface area contributed by atoms with Crippen molar-refractivity contribution in [1.82, 2.24) is 14.8 Å². The van der Waals surface area contributed by atoms with Crippen LogP contribution in [0.4, 0.5) is 0 Å². The third-order valence-electron chi connectivity index (χ3n) is 3.42. The van der Waals surface area contributed by atoms with Crippen LogP contribution in [0.2, 0.25) is 5.02 Å². The summed E-state index contributed by atoms with van der Waals surface area (Å²) in [6.07, 6.45) is 3.13. The Morgan fingerprint density at radius 3 is 2.11 bits per heavy atom. The van der Waals surface area contributed by atoms with Gasteiger partial charge >= 0.3 is 11.9 Å². The number of hydrogen-bond donors (Lipinski definition) is 3. The topological polar surface area (TPSA) is 143 Å². The monoisotopic (exact) mass is 397 g/mol. The van der Waals surface area contributed by atoms with Gasteiger partial charge in [0, 0.05) is 11.4 Å². The summed E-state index contributed by atoms with van der Waals surface area (Å²) in [4.78, 5) is 34.6. The van der Waals surface area contributed by atoms with E-state index in [0.717, 1.165) is 0 Å². The van der Waals surface area contributed by atoms with Crippen LogP contribution >= 0.6 is 11.6 Å². The number of ketones is 1. The molecular weight excluding hydrogens is 378 g/mol. The Bertz CT molecular complexity index is 764. The number of carbonyl (C=O) groups excluding carboxylic acids is 1. The molecule has 0 aliphatic rings. The molecule has 1 unspecified atom stereocenters. The van der Waals surface area contributed by atoms with Crippen LogP contribution in [-0.2, 0) is 26.5 Å². The SMILES string of the molecule is CC(C)CC(=O)C(O)(Cn1cncn1)c1ccc(Cl)cc1.O=C(O)C(=O)O. The average Bonchev–Trinajstić information content (AvgIpc) is 3.08. The summed E-state index contributed by atoms with van der Waals surface area (Å²) in [6, 6.07) is 6.65. The lowest BCUT2D eigenvalue weighted by Gasteiger charge is -2.28. The minimum absolute atomic E-state index is 0.0280. The molecule has 1 atom stereocenters. The lowest BCUT2D eigenvalue weighted by Crippen LogP contribution is -2.40. The van der Waals surface area contributed by atoms with Gasteiger partial charge in [-0.2, -0.15) is 5.10 Å². The fourth-order valence-electron chi connectivity index (χ4n) is 2.15. The number of halogens is 1. The number of rotatable bonds is 6. The Morgan fingerprint density at radius 2 is 1.70 bits per heavy atom. The Hall–Kier alpha value is -2.78. The summed E-state index contributed by atoms with van der Waals surface area (Å²) in [6.45, 7) is 3.91. The number of carbonyl (C=O) groups is 3. The zero-order valence-corrected chi connectivity index (χ0v) is 15.5. The van der Waals surface area contributed by atoms with Crippen molar-refractivity contribution in [1.29, 1.82) is 0 Å². The van der Waals surface area contributed by atoms with Gasteiger partial charge in [-0.1, -0.05) is 37.6 Å². The maximum absolute atomic E-state index is 12.5. The normalized spacial score (nSPS) is 12.6. The first kappa shape index (κ1) is 22.3. The Balaban J connectivity index is 0.000000527. The first-order valence-electron chi connectivity index (χ1n) is 7.86. The molecule has 2 rings (SSSR count). The molecule has 0 bridgehead atoms. The molecule has 0 aliphatic carbocycles. The standard InChI is InChI=1S/C15H18ClN3O2.C2H2O4/c1-11(2)7-14(20)15(21,8-19-10-17-9-18-19)12-3-5-13(16)6-4-12;3-1(4)2(5)6/h3-6,9-11,21H,7-8H2,1-2H3;(H,3,4)(H,5,6). The van der Waals surface area contributed by atoms with Gasteiger partial charge in [0.1, 0.15) is 12.7 Å². The van der Waals surface area contributed by atoms with Gasteiger partial charge in [0.2, 0.25) is 0 Å². The van der Waals surface area contributed by atoms with Gasteiger partial charge in [-0.05, 0) is 23.6 Å². The molecule has 0 saturated carbocycles. The highest BCUT2D eigenvalue weighted by atomic mass is 35.5. The van der Waals surface area contributed by atoms with Gasteiger partial charge in [0.25, 0.3) is 0 Å². The maximum atomic E-state index is 12.5. The van der Waals surface area contributed by atoms with E-state index in [1.165, 1.54) is 17.3 Å². The van der Waals surface area contributed by atoms with E-state index < -0.39 is 17.5 Å². The second-order valence-electron chi connectivity index (χ2n) is 6.09. The summed E-state index contributed by atoms with van der Waals surface area (Å²) >= 11 is 5.87. The van der Waals surface area contributed by atoms with E-state index in [-0.39, 0.29) is 24.7 Å². The van der Waals surface area contributed by atoms with Crippen molar-refractivity contribution in [3.63, 3.8) is 0 Å². The lowest BCUT2D eigenvalue weighted by molar-refractivity contribution is -0.159. The number of carboxylic acids is 2. The van der Waals surface area contributed by atoms with Crippen LogP contribution in [0.15, 0.2) is 36.9 Å². The van der Waals surface area contributed by atoms with Gasteiger partial charge in [0.15, 0.2) is 11.4 Å². The zero-order chi connectivity index (χ0) is 20.6. The lowest BCUT2D eigenvalue weighted by atomic mass is 9.85.